The van der Waals surface area contributed by atoms with Crippen LogP contribution in [0.4, 0.5) is 0 Å². The topological polar surface area (TPSA) is 90.7 Å². The highest BCUT2D eigenvalue weighted by atomic mass is 16.5. The Balaban J connectivity index is 1.89. The van der Waals surface area contributed by atoms with Crippen LogP contribution in [-0.2, 0) is 20.8 Å². The molecule has 1 heterocycles. The van der Waals surface area contributed by atoms with Crippen molar-refractivity contribution in [1.82, 2.24) is 5.32 Å². The van der Waals surface area contributed by atoms with Crippen molar-refractivity contribution in [1.29, 1.82) is 0 Å². The van der Waals surface area contributed by atoms with Gasteiger partial charge in [0, 0.05) is 19.8 Å². The summed E-state index contributed by atoms with van der Waals surface area (Å²) in [4.78, 5) is 23.6. The molecule has 1 saturated heterocycles. The lowest BCUT2D eigenvalue weighted by molar-refractivity contribution is -0.124. The first kappa shape index (κ1) is 16.5. The molecule has 0 aromatic heterocycles. The summed E-state index contributed by atoms with van der Waals surface area (Å²) in [6.07, 6.45) is 1.62. The molecule has 0 radical (unpaired) electrons. The molecular formula is C16H22N2O4. The Bertz CT molecular complexity index is 527. The number of benzene rings is 1. The van der Waals surface area contributed by atoms with Gasteiger partial charge < -0.3 is 20.5 Å². The van der Waals surface area contributed by atoms with Crippen LogP contribution in [0.2, 0.25) is 0 Å². The molecule has 1 aliphatic rings. The fourth-order valence-electron chi connectivity index (χ4n) is 2.52. The number of hydrogen-bond donors (Lipinski definition) is 2. The molecule has 6 nitrogen and oxygen atoms in total. The van der Waals surface area contributed by atoms with Crippen LogP contribution in [0.25, 0.3) is 0 Å². The van der Waals surface area contributed by atoms with Crippen LogP contribution in [0.3, 0.4) is 0 Å². The lowest BCUT2D eigenvalue weighted by Crippen LogP contribution is -2.46. The fraction of sp³-hybridized carbons (Fsp3) is 0.500. The van der Waals surface area contributed by atoms with Gasteiger partial charge >= 0.3 is 5.97 Å². The van der Waals surface area contributed by atoms with E-state index in [1.54, 1.807) is 18.2 Å². The molecule has 1 aromatic rings. The van der Waals surface area contributed by atoms with Crippen molar-refractivity contribution < 1.29 is 19.1 Å². The van der Waals surface area contributed by atoms with E-state index in [1.165, 1.54) is 7.11 Å². The molecule has 1 atom stereocenters. The van der Waals surface area contributed by atoms with Gasteiger partial charge in [0.1, 0.15) is 0 Å². The zero-order valence-corrected chi connectivity index (χ0v) is 12.7. The van der Waals surface area contributed by atoms with Crippen molar-refractivity contribution in [2.75, 3.05) is 20.3 Å². The molecule has 1 aromatic carbocycles. The van der Waals surface area contributed by atoms with E-state index < -0.39 is 12.0 Å². The number of nitrogens with one attached hydrogen (secondary N) is 1. The number of carbonyl (C=O) groups is 2. The van der Waals surface area contributed by atoms with Gasteiger partial charge in [0.2, 0.25) is 5.91 Å². The van der Waals surface area contributed by atoms with Gasteiger partial charge in [0.25, 0.3) is 0 Å². The van der Waals surface area contributed by atoms with Crippen LogP contribution < -0.4 is 11.1 Å². The zero-order valence-electron chi connectivity index (χ0n) is 12.7. The summed E-state index contributed by atoms with van der Waals surface area (Å²) in [7, 11) is 1.34. The third kappa shape index (κ3) is 4.29. The minimum atomic E-state index is -0.521. The van der Waals surface area contributed by atoms with E-state index in [2.05, 4.69) is 10.1 Å². The molecule has 0 bridgehead atoms. The van der Waals surface area contributed by atoms with Crippen molar-refractivity contribution in [2.45, 2.75) is 25.4 Å². The van der Waals surface area contributed by atoms with Gasteiger partial charge in [-0.3, -0.25) is 4.79 Å². The Labute approximate surface area is 130 Å². The van der Waals surface area contributed by atoms with Gasteiger partial charge in [0.05, 0.1) is 18.7 Å². The molecule has 2 rings (SSSR count). The van der Waals surface area contributed by atoms with E-state index in [9.17, 15) is 9.59 Å². The van der Waals surface area contributed by atoms with E-state index >= 15 is 0 Å². The van der Waals surface area contributed by atoms with Crippen LogP contribution in [0.15, 0.2) is 24.3 Å². The monoisotopic (exact) mass is 306 g/mol. The van der Waals surface area contributed by atoms with Gasteiger partial charge in [-0.15, -0.1) is 0 Å². The smallest absolute Gasteiger partial charge is 0.337 e. The predicted molar refractivity (Wildman–Crippen MR) is 81.1 cm³/mol. The number of carbonyl (C=O) groups excluding carboxylic acids is 2. The van der Waals surface area contributed by atoms with Crippen LogP contribution in [-0.4, -0.2) is 38.2 Å². The number of esters is 1. The van der Waals surface area contributed by atoms with E-state index in [0.29, 0.717) is 25.3 Å². The number of rotatable bonds is 5. The zero-order chi connectivity index (χ0) is 15.9. The average molecular weight is 306 g/mol. The Morgan fingerprint density at radius 1 is 1.41 bits per heavy atom. The number of ether oxygens (including phenoxy) is 2. The fourth-order valence-corrected chi connectivity index (χ4v) is 2.52. The number of hydrogen-bond acceptors (Lipinski definition) is 5. The van der Waals surface area contributed by atoms with Crippen LogP contribution in [0, 0.1) is 5.92 Å². The molecule has 120 valence electrons. The van der Waals surface area contributed by atoms with Crippen molar-refractivity contribution in [3.8, 4) is 0 Å². The maximum absolute atomic E-state index is 12.1. The first-order valence-electron chi connectivity index (χ1n) is 7.40. The minimum absolute atomic E-state index is 0.162. The lowest BCUT2D eigenvalue weighted by Gasteiger charge is -2.26. The molecule has 1 unspecified atom stereocenters. The third-order valence-electron chi connectivity index (χ3n) is 3.89. The van der Waals surface area contributed by atoms with Gasteiger partial charge in [-0.2, -0.15) is 0 Å². The highest BCUT2D eigenvalue weighted by Gasteiger charge is 2.26. The first-order chi connectivity index (χ1) is 10.6. The number of amides is 1. The molecule has 0 saturated carbocycles. The van der Waals surface area contributed by atoms with Crippen LogP contribution in [0.1, 0.15) is 28.8 Å². The second kappa shape index (κ2) is 7.91. The highest BCUT2D eigenvalue weighted by molar-refractivity contribution is 5.89. The minimum Gasteiger partial charge on any atom is -0.465 e. The van der Waals surface area contributed by atoms with Gasteiger partial charge in [-0.1, -0.05) is 12.1 Å². The van der Waals surface area contributed by atoms with Crippen molar-refractivity contribution >= 4 is 11.9 Å². The van der Waals surface area contributed by atoms with E-state index in [1.807, 2.05) is 6.07 Å². The Morgan fingerprint density at radius 3 is 2.82 bits per heavy atom. The third-order valence-corrected chi connectivity index (χ3v) is 3.89. The lowest BCUT2D eigenvalue weighted by atomic mass is 9.92. The molecule has 22 heavy (non-hydrogen) atoms. The van der Waals surface area contributed by atoms with Crippen molar-refractivity contribution in [3.63, 3.8) is 0 Å². The maximum Gasteiger partial charge on any atom is 0.337 e. The second-order valence-corrected chi connectivity index (χ2v) is 5.39. The normalized spacial score (nSPS) is 16.8. The summed E-state index contributed by atoms with van der Waals surface area (Å²) >= 11 is 0. The second-order valence-electron chi connectivity index (χ2n) is 5.39. The highest BCUT2D eigenvalue weighted by Crippen LogP contribution is 2.17. The molecule has 1 amide bonds. The quantitative estimate of drug-likeness (QED) is 0.787. The summed E-state index contributed by atoms with van der Waals surface area (Å²) in [5, 5.41) is 2.82. The SMILES string of the molecule is COC(=O)c1cccc(CNC(=O)C(N)C2CCOCC2)c1. The Kier molecular flexibility index (Phi) is 5.91. The molecular weight excluding hydrogens is 284 g/mol. The molecule has 0 spiro atoms. The Morgan fingerprint density at radius 2 is 2.14 bits per heavy atom. The van der Waals surface area contributed by atoms with Crippen LogP contribution in [0.5, 0.6) is 0 Å². The molecule has 6 heteroatoms. The molecule has 1 fully saturated rings. The van der Waals surface area contributed by atoms with Crippen molar-refractivity contribution in [2.24, 2.45) is 11.7 Å². The van der Waals surface area contributed by atoms with E-state index in [-0.39, 0.29) is 11.8 Å². The van der Waals surface area contributed by atoms with Gasteiger partial charge in [-0.05, 0) is 36.5 Å². The average Bonchev–Trinajstić information content (AvgIpc) is 2.59. The van der Waals surface area contributed by atoms with Crippen LogP contribution >= 0.6 is 0 Å². The summed E-state index contributed by atoms with van der Waals surface area (Å²) in [5.41, 5.74) is 7.30. The van der Waals surface area contributed by atoms with Gasteiger partial charge in [0.15, 0.2) is 0 Å². The van der Waals surface area contributed by atoms with E-state index in [4.69, 9.17) is 10.5 Å². The van der Waals surface area contributed by atoms with Gasteiger partial charge in [-0.25, -0.2) is 4.79 Å². The van der Waals surface area contributed by atoms with Crippen molar-refractivity contribution in [3.05, 3.63) is 35.4 Å². The summed E-state index contributed by atoms with van der Waals surface area (Å²) in [6, 6.07) is 6.45. The summed E-state index contributed by atoms with van der Waals surface area (Å²) in [6.45, 7) is 1.65. The number of nitrogens with two attached hydrogens (primary N) is 1. The standard InChI is InChI=1S/C16H22N2O4/c1-21-16(20)13-4-2-3-11(9-13)10-18-15(19)14(17)12-5-7-22-8-6-12/h2-4,9,12,14H,5-8,10,17H2,1H3,(H,18,19). The predicted octanol–water partition coefficient (Wildman–Crippen LogP) is 0.843. The van der Waals surface area contributed by atoms with E-state index in [0.717, 1.165) is 18.4 Å². The Hall–Kier alpha value is -1.92. The maximum atomic E-state index is 12.1. The molecule has 0 aliphatic carbocycles. The summed E-state index contributed by atoms with van der Waals surface area (Å²) < 4.78 is 9.95. The molecule has 3 N–H and O–H groups in total. The largest absolute Gasteiger partial charge is 0.465 e. The molecule has 1 aliphatic heterocycles. The summed E-state index contributed by atoms with van der Waals surface area (Å²) in [5.74, 6) is -0.405. The first-order valence-corrected chi connectivity index (χ1v) is 7.40. The number of methoxy groups -OCH3 is 1.